The Morgan fingerprint density at radius 1 is 1.13 bits per heavy atom. The molecule has 0 unspecified atom stereocenters. The number of morpholine rings is 1. The summed E-state index contributed by atoms with van der Waals surface area (Å²) < 4.78 is 5.39. The van der Waals surface area contributed by atoms with Crippen molar-refractivity contribution < 1.29 is 14.3 Å². The summed E-state index contributed by atoms with van der Waals surface area (Å²) in [6.45, 7) is 4.12. The van der Waals surface area contributed by atoms with Gasteiger partial charge in [0.15, 0.2) is 0 Å². The zero-order chi connectivity index (χ0) is 21.6. The lowest BCUT2D eigenvalue weighted by atomic mass is 10.1. The van der Waals surface area contributed by atoms with Gasteiger partial charge in [0, 0.05) is 24.2 Å². The largest absolute Gasteiger partial charge is 0.378 e. The summed E-state index contributed by atoms with van der Waals surface area (Å²) >= 11 is 2.81. The van der Waals surface area contributed by atoms with Gasteiger partial charge in [-0.05, 0) is 30.2 Å². The lowest BCUT2D eigenvalue weighted by molar-refractivity contribution is -0.113. The Bertz CT molecular complexity index is 1050. The van der Waals surface area contributed by atoms with Gasteiger partial charge in [-0.2, -0.15) is 0 Å². The molecule has 3 heterocycles. The number of nitrogens with zero attached hydrogens (tertiary/aromatic N) is 2. The van der Waals surface area contributed by atoms with Crippen LogP contribution in [0.1, 0.15) is 15.9 Å². The molecular weight excluding hydrogens is 430 g/mol. The smallest absolute Gasteiger partial charge is 0.257 e. The number of carbonyl (C=O) groups excluding carboxylic acids is 2. The SMILES string of the molecule is Cc1c(-c2ccccc2)sc(NC(=O)CSc2ccccn2)c1C(=O)N1CCOCC1. The highest BCUT2D eigenvalue weighted by molar-refractivity contribution is 7.99. The molecule has 31 heavy (non-hydrogen) atoms. The maximum Gasteiger partial charge on any atom is 0.257 e. The van der Waals surface area contributed by atoms with E-state index >= 15 is 0 Å². The molecule has 0 atom stereocenters. The second-order valence-corrected chi connectivity index (χ2v) is 9.05. The number of pyridine rings is 1. The number of rotatable bonds is 6. The number of ether oxygens (including phenoxy) is 1. The molecular formula is C23H23N3O3S2. The molecule has 160 valence electrons. The van der Waals surface area contributed by atoms with Gasteiger partial charge in [0.1, 0.15) is 5.00 Å². The average molecular weight is 454 g/mol. The van der Waals surface area contributed by atoms with Gasteiger partial charge in [0.2, 0.25) is 5.91 Å². The first kappa shape index (κ1) is 21.5. The number of amides is 2. The van der Waals surface area contributed by atoms with Crippen LogP contribution in [0, 0.1) is 6.92 Å². The Labute approximate surface area is 189 Å². The van der Waals surface area contributed by atoms with Crippen molar-refractivity contribution in [2.75, 3.05) is 37.4 Å². The van der Waals surface area contributed by atoms with Gasteiger partial charge < -0.3 is 15.0 Å². The normalized spacial score (nSPS) is 13.8. The zero-order valence-electron chi connectivity index (χ0n) is 17.2. The van der Waals surface area contributed by atoms with Gasteiger partial charge in [-0.25, -0.2) is 4.98 Å². The van der Waals surface area contributed by atoms with Crippen LogP contribution in [0.5, 0.6) is 0 Å². The predicted molar refractivity (Wildman–Crippen MR) is 125 cm³/mol. The molecule has 4 rings (SSSR count). The van der Waals surface area contributed by atoms with Crippen LogP contribution >= 0.6 is 23.1 Å². The molecule has 3 aromatic rings. The van der Waals surface area contributed by atoms with Gasteiger partial charge in [-0.3, -0.25) is 9.59 Å². The Morgan fingerprint density at radius 2 is 1.87 bits per heavy atom. The number of hydrogen-bond acceptors (Lipinski definition) is 6. The molecule has 0 radical (unpaired) electrons. The monoisotopic (exact) mass is 453 g/mol. The number of anilines is 1. The third-order valence-electron chi connectivity index (χ3n) is 4.94. The minimum Gasteiger partial charge on any atom is -0.378 e. The minimum atomic E-state index is -0.160. The third kappa shape index (κ3) is 5.15. The van der Waals surface area contributed by atoms with Crippen LogP contribution < -0.4 is 5.32 Å². The fourth-order valence-electron chi connectivity index (χ4n) is 3.38. The second-order valence-electron chi connectivity index (χ2n) is 7.04. The minimum absolute atomic E-state index is 0.0630. The quantitative estimate of drug-likeness (QED) is 0.563. The molecule has 6 nitrogen and oxygen atoms in total. The number of nitrogens with one attached hydrogen (secondary N) is 1. The number of carbonyl (C=O) groups is 2. The van der Waals surface area contributed by atoms with Crippen LogP contribution in [0.2, 0.25) is 0 Å². The highest BCUT2D eigenvalue weighted by Gasteiger charge is 2.27. The van der Waals surface area contributed by atoms with E-state index < -0.39 is 0 Å². The summed E-state index contributed by atoms with van der Waals surface area (Å²) in [5, 5.41) is 4.37. The van der Waals surface area contributed by atoms with Gasteiger partial charge in [0.25, 0.3) is 5.91 Å². The Hall–Kier alpha value is -2.68. The van der Waals surface area contributed by atoms with E-state index in [2.05, 4.69) is 10.3 Å². The van der Waals surface area contributed by atoms with E-state index in [0.29, 0.717) is 36.9 Å². The molecule has 0 bridgehead atoms. The fraction of sp³-hybridized carbons (Fsp3) is 0.261. The number of hydrogen-bond donors (Lipinski definition) is 1. The highest BCUT2D eigenvalue weighted by atomic mass is 32.2. The van der Waals surface area contributed by atoms with Crippen molar-refractivity contribution in [3.63, 3.8) is 0 Å². The molecule has 1 N–H and O–H groups in total. The maximum absolute atomic E-state index is 13.4. The zero-order valence-corrected chi connectivity index (χ0v) is 18.8. The fourth-order valence-corrected chi connectivity index (χ4v) is 5.27. The van der Waals surface area contributed by atoms with E-state index in [1.807, 2.05) is 55.5 Å². The van der Waals surface area contributed by atoms with Crippen molar-refractivity contribution in [2.45, 2.75) is 11.9 Å². The van der Waals surface area contributed by atoms with Crippen molar-refractivity contribution in [1.29, 1.82) is 0 Å². The summed E-state index contributed by atoms with van der Waals surface area (Å²) in [4.78, 5) is 33.1. The van der Waals surface area contributed by atoms with E-state index in [-0.39, 0.29) is 17.6 Å². The number of benzene rings is 1. The Kier molecular flexibility index (Phi) is 7.01. The van der Waals surface area contributed by atoms with Crippen molar-refractivity contribution in [2.24, 2.45) is 0 Å². The average Bonchev–Trinajstić information content (AvgIpc) is 3.14. The molecule has 0 aliphatic carbocycles. The topological polar surface area (TPSA) is 71.5 Å². The third-order valence-corrected chi connectivity index (χ3v) is 7.14. The molecule has 1 aliphatic rings. The molecule has 1 fully saturated rings. The van der Waals surface area contributed by atoms with Crippen LogP contribution in [0.15, 0.2) is 59.8 Å². The lowest BCUT2D eigenvalue weighted by Crippen LogP contribution is -2.41. The summed E-state index contributed by atoms with van der Waals surface area (Å²) in [5.74, 6) is -0.000689. The summed E-state index contributed by atoms with van der Waals surface area (Å²) in [6.07, 6.45) is 1.70. The molecule has 2 amide bonds. The summed E-state index contributed by atoms with van der Waals surface area (Å²) in [5.41, 5.74) is 2.49. The van der Waals surface area contributed by atoms with E-state index in [1.165, 1.54) is 23.1 Å². The van der Waals surface area contributed by atoms with Crippen molar-refractivity contribution in [3.05, 3.63) is 65.9 Å². The molecule has 1 saturated heterocycles. The maximum atomic E-state index is 13.4. The van der Waals surface area contributed by atoms with Crippen LogP contribution in [0.25, 0.3) is 10.4 Å². The van der Waals surface area contributed by atoms with Gasteiger partial charge in [-0.1, -0.05) is 48.2 Å². The molecule has 0 saturated carbocycles. The summed E-state index contributed by atoms with van der Waals surface area (Å²) in [7, 11) is 0. The van der Waals surface area contributed by atoms with Crippen LogP contribution in [-0.4, -0.2) is 53.8 Å². The van der Waals surface area contributed by atoms with Crippen LogP contribution in [0.4, 0.5) is 5.00 Å². The van der Waals surface area contributed by atoms with Crippen molar-refractivity contribution in [3.8, 4) is 10.4 Å². The Morgan fingerprint density at radius 3 is 2.58 bits per heavy atom. The van der Waals surface area contributed by atoms with Crippen molar-refractivity contribution >= 4 is 39.9 Å². The van der Waals surface area contributed by atoms with E-state index in [0.717, 1.165) is 21.0 Å². The van der Waals surface area contributed by atoms with Crippen LogP contribution in [-0.2, 0) is 9.53 Å². The lowest BCUT2D eigenvalue weighted by Gasteiger charge is -2.27. The van der Waals surface area contributed by atoms with E-state index in [1.54, 1.807) is 11.1 Å². The highest BCUT2D eigenvalue weighted by Crippen LogP contribution is 2.40. The first-order chi connectivity index (χ1) is 15.1. The molecule has 8 heteroatoms. The Balaban J connectivity index is 1.60. The first-order valence-corrected chi connectivity index (χ1v) is 11.8. The predicted octanol–water partition coefficient (Wildman–Crippen LogP) is 4.32. The van der Waals surface area contributed by atoms with Gasteiger partial charge >= 0.3 is 0 Å². The molecule has 2 aromatic heterocycles. The van der Waals surface area contributed by atoms with Crippen LogP contribution in [0.3, 0.4) is 0 Å². The molecule has 0 spiro atoms. The first-order valence-electron chi connectivity index (χ1n) is 10.0. The number of aromatic nitrogens is 1. The summed E-state index contributed by atoms with van der Waals surface area (Å²) in [6, 6.07) is 15.5. The van der Waals surface area contributed by atoms with Gasteiger partial charge in [0.05, 0.1) is 29.6 Å². The number of thiophene rings is 1. The number of thioether (sulfide) groups is 1. The van der Waals surface area contributed by atoms with Crippen molar-refractivity contribution in [1.82, 2.24) is 9.88 Å². The molecule has 1 aromatic carbocycles. The standard InChI is InChI=1S/C23H23N3O3S2/c1-16-20(23(28)26-11-13-29-14-12-26)22(31-21(16)17-7-3-2-4-8-17)25-18(27)15-30-19-9-5-6-10-24-19/h2-10H,11-15H2,1H3,(H,25,27). The van der Waals surface area contributed by atoms with Gasteiger partial charge in [-0.15, -0.1) is 11.3 Å². The van der Waals surface area contributed by atoms with E-state index in [4.69, 9.17) is 4.74 Å². The van der Waals surface area contributed by atoms with E-state index in [9.17, 15) is 9.59 Å². The molecule has 1 aliphatic heterocycles. The second kappa shape index (κ2) is 10.1.